The maximum Gasteiger partial charge on any atom is 0.358 e. The van der Waals surface area contributed by atoms with E-state index in [1.807, 2.05) is 0 Å². The number of hydrogen-bond donors (Lipinski definition) is 3. The molecule has 0 unspecified atom stereocenters. The second-order valence-corrected chi connectivity index (χ2v) is 1.70. The van der Waals surface area contributed by atoms with Gasteiger partial charge < -0.3 is 15.3 Å². The Morgan fingerprint density at radius 2 is 2.00 bits per heavy atom. The highest BCUT2D eigenvalue weighted by Crippen LogP contribution is 2.22. The highest BCUT2D eigenvalue weighted by atomic mass is 16.4. The first kappa shape index (κ1) is 7.26. The van der Waals surface area contributed by atoms with Gasteiger partial charge in [0.2, 0.25) is 5.75 Å². The number of carboxylic acids is 1. The number of aromatic carboxylic acids is 1. The maximum atomic E-state index is 10.2. The summed E-state index contributed by atoms with van der Waals surface area (Å²) in [5.74, 6) is -2.97. The molecule has 1 aromatic rings. The van der Waals surface area contributed by atoms with Crippen molar-refractivity contribution in [2.24, 2.45) is 0 Å². The molecule has 3 N–H and O–H groups in total. The van der Waals surface area contributed by atoms with Crippen molar-refractivity contribution in [3.8, 4) is 11.6 Å². The van der Waals surface area contributed by atoms with Crippen LogP contribution in [0.4, 0.5) is 0 Å². The fourth-order valence-corrected chi connectivity index (χ4v) is 0.526. The van der Waals surface area contributed by atoms with Gasteiger partial charge in [0, 0.05) is 0 Å². The normalized spacial score (nSPS) is 9.45. The van der Waals surface area contributed by atoms with Gasteiger partial charge in [-0.15, -0.1) is 0 Å². The molecule has 6 heteroatoms. The van der Waals surface area contributed by atoms with Crippen LogP contribution < -0.4 is 0 Å². The van der Waals surface area contributed by atoms with Crippen LogP contribution in [0.2, 0.25) is 0 Å². The molecule has 58 valence electrons. The van der Waals surface area contributed by atoms with E-state index in [2.05, 4.69) is 9.97 Å². The molecule has 0 saturated carbocycles. The van der Waals surface area contributed by atoms with Gasteiger partial charge in [-0.1, -0.05) is 0 Å². The van der Waals surface area contributed by atoms with E-state index < -0.39 is 23.3 Å². The monoisotopic (exact) mass is 156 g/mol. The predicted octanol–water partition coefficient (Wildman–Crippen LogP) is -0.414. The van der Waals surface area contributed by atoms with Crippen molar-refractivity contribution in [2.45, 2.75) is 0 Å². The minimum absolute atomic E-state index is 0.613. The van der Waals surface area contributed by atoms with E-state index in [-0.39, 0.29) is 0 Å². The number of carboxylic acid groups (broad SMARTS) is 1. The van der Waals surface area contributed by atoms with E-state index in [4.69, 9.17) is 15.3 Å². The Labute approximate surface area is 60.8 Å². The van der Waals surface area contributed by atoms with Crippen molar-refractivity contribution in [2.75, 3.05) is 0 Å². The summed E-state index contributed by atoms with van der Waals surface area (Å²) in [5, 5.41) is 25.8. The number of nitrogens with zero attached hydrogens (tertiary/aromatic N) is 2. The van der Waals surface area contributed by atoms with Crippen molar-refractivity contribution in [1.82, 2.24) is 9.97 Å². The van der Waals surface area contributed by atoms with Crippen LogP contribution in [0.3, 0.4) is 0 Å². The summed E-state index contributed by atoms with van der Waals surface area (Å²) in [7, 11) is 0. The zero-order valence-corrected chi connectivity index (χ0v) is 5.22. The standard InChI is InChI=1S/C5H4N2O4/c8-3-2(5(10)11)6-1-7-4(3)9/h1,8H,(H,10,11)(H,6,7,9). The highest BCUT2D eigenvalue weighted by Gasteiger charge is 2.14. The average Bonchev–Trinajstić information content (AvgIpc) is 1.94. The summed E-state index contributed by atoms with van der Waals surface area (Å²) in [4.78, 5) is 16.6. The van der Waals surface area contributed by atoms with Gasteiger partial charge in [0.1, 0.15) is 6.33 Å². The summed E-state index contributed by atoms with van der Waals surface area (Å²) in [5.41, 5.74) is -0.613. The zero-order chi connectivity index (χ0) is 8.43. The Morgan fingerprint density at radius 1 is 1.36 bits per heavy atom. The lowest BCUT2D eigenvalue weighted by Gasteiger charge is -1.97. The third-order valence-corrected chi connectivity index (χ3v) is 1.01. The first-order valence-electron chi connectivity index (χ1n) is 2.59. The number of aromatic nitrogens is 2. The van der Waals surface area contributed by atoms with Crippen molar-refractivity contribution < 1.29 is 20.1 Å². The number of rotatable bonds is 1. The molecule has 0 aliphatic carbocycles. The van der Waals surface area contributed by atoms with Crippen LogP contribution in [0.1, 0.15) is 10.5 Å². The second kappa shape index (κ2) is 2.41. The summed E-state index contributed by atoms with van der Waals surface area (Å²) in [6.07, 6.45) is 0.846. The Bertz CT molecular complexity index is 299. The van der Waals surface area contributed by atoms with E-state index in [0.717, 1.165) is 6.33 Å². The quantitative estimate of drug-likeness (QED) is 0.510. The van der Waals surface area contributed by atoms with Gasteiger partial charge >= 0.3 is 5.97 Å². The van der Waals surface area contributed by atoms with Crippen molar-refractivity contribution in [3.63, 3.8) is 0 Å². The molecule has 0 radical (unpaired) electrons. The average molecular weight is 156 g/mol. The molecule has 0 atom stereocenters. The fourth-order valence-electron chi connectivity index (χ4n) is 0.526. The Kier molecular flexibility index (Phi) is 1.59. The Morgan fingerprint density at radius 3 is 2.45 bits per heavy atom. The molecule has 0 aliphatic rings. The molecule has 6 nitrogen and oxygen atoms in total. The van der Waals surface area contributed by atoms with Crippen LogP contribution >= 0.6 is 0 Å². The molecule has 0 bridgehead atoms. The van der Waals surface area contributed by atoms with Gasteiger partial charge in [-0.2, -0.15) is 4.98 Å². The third kappa shape index (κ3) is 1.18. The minimum Gasteiger partial charge on any atom is -0.501 e. The van der Waals surface area contributed by atoms with Crippen molar-refractivity contribution in [3.05, 3.63) is 12.0 Å². The maximum absolute atomic E-state index is 10.2. The third-order valence-electron chi connectivity index (χ3n) is 1.01. The molecule has 1 rings (SSSR count). The smallest absolute Gasteiger partial charge is 0.358 e. The lowest BCUT2D eigenvalue weighted by atomic mass is 10.4. The van der Waals surface area contributed by atoms with Gasteiger partial charge in [0.15, 0.2) is 5.69 Å². The van der Waals surface area contributed by atoms with E-state index in [1.165, 1.54) is 0 Å². The van der Waals surface area contributed by atoms with Crippen molar-refractivity contribution >= 4 is 5.97 Å². The largest absolute Gasteiger partial charge is 0.501 e. The predicted molar refractivity (Wildman–Crippen MR) is 32.3 cm³/mol. The number of aromatic hydroxyl groups is 2. The molecule has 11 heavy (non-hydrogen) atoms. The van der Waals surface area contributed by atoms with E-state index >= 15 is 0 Å². The molecule has 0 aliphatic heterocycles. The molecule has 0 saturated heterocycles. The molecule has 0 spiro atoms. The summed E-state index contributed by atoms with van der Waals surface area (Å²) in [6.45, 7) is 0. The van der Waals surface area contributed by atoms with Gasteiger partial charge in [-0.3, -0.25) is 0 Å². The molecule has 1 heterocycles. The SMILES string of the molecule is O=C(O)c1ncnc(O)c1O. The minimum atomic E-state index is -1.42. The zero-order valence-electron chi connectivity index (χ0n) is 5.22. The first-order valence-corrected chi connectivity index (χ1v) is 2.59. The molecule has 0 amide bonds. The molecule has 0 aromatic carbocycles. The molecule has 0 fully saturated rings. The number of carbonyl (C=O) groups is 1. The number of hydrogen-bond acceptors (Lipinski definition) is 5. The lowest BCUT2D eigenvalue weighted by molar-refractivity contribution is 0.0685. The van der Waals surface area contributed by atoms with E-state index in [0.29, 0.717) is 0 Å². The van der Waals surface area contributed by atoms with Gasteiger partial charge in [-0.25, -0.2) is 9.78 Å². The highest BCUT2D eigenvalue weighted by molar-refractivity contribution is 5.88. The van der Waals surface area contributed by atoms with Gasteiger partial charge in [-0.05, 0) is 0 Å². The summed E-state index contributed by atoms with van der Waals surface area (Å²) >= 11 is 0. The summed E-state index contributed by atoms with van der Waals surface area (Å²) < 4.78 is 0. The van der Waals surface area contributed by atoms with E-state index in [1.54, 1.807) is 0 Å². The first-order chi connectivity index (χ1) is 5.13. The van der Waals surface area contributed by atoms with Crippen LogP contribution in [0.5, 0.6) is 11.6 Å². The van der Waals surface area contributed by atoms with Crippen molar-refractivity contribution in [1.29, 1.82) is 0 Å². The van der Waals surface area contributed by atoms with Crippen LogP contribution in [-0.2, 0) is 0 Å². The fraction of sp³-hybridized carbons (Fsp3) is 0. The van der Waals surface area contributed by atoms with Gasteiger partial charge in [0.25, 0.3) is 5.88 Å². The molecule has 1 aromatic heterocycles. The molecular weight excluding hydrogens is 152 g/mol. The Balaban J connectivity index is 3.27. The van der Waals surface area contributed by atoms with Gasteiger partial charge in [0.05, 0.1) is 0 Å². The van der Waals surface area contributed by atoms with Crippen LogP contribution in [0, 0.1) is 0 Å². The molecular formula is C5H4N2O4. The van der Waals surface area contributed by atoms with Crippen LogP contribution in [0.15, 0.2) is 6.33 Å². The summed E-state index contributed by atoms with van der Waals surface area (Å²) in [6, 6.07) is 0. The van der Waals surface area contributed by atoms with E-state index in [9.17, 15) is 4.79 Å². The topological polar surface area (TPSA) is 104 Å². The second-order valence-electron chi connectivity index (χ2n) is 1.70. The van der Waals surface area contributed by atoms with Crippen LogP contribution in [0.25, 0.3) is 0 Å². The Hall–Kier alpha value is -1.85. The van der Waals surface area contributed by atoms with Crippen LogP contribution in [-0.4, -0.2) is 31.3 Å². The lowest BCUT2D eigenvalue weighted by Crippen LogP contribution is -2.00.